The van der Waals surface area contributed by atoms with Crippen LogP contribution in [0.2, 0.25) is 0 Å². The van der Waals surface area contributed by atoms with Gasteiger partial charge in [0.05, 0.1) is 32.8 Å². The lowest BCUT2D eigenvalue weighted by molar-refractivity contribution is -0.142. The van der Waals surface area contributed by atoms with Gasteiger partial charge in [0.25, 0.3) is 0 Å². The molecule has 0 aliphatic heterocycles. The maximum Gasteiger partial charge on any atom is 0.433 e. The van der Waals surface area contributed by atoms with E-state index in [1.807, 2.05) is 12.1 Å². The van der Waals surface area contributed by atoms with Crippen LogP contribution in [-0.2, 0) is 23.8 Å². The van der Waals surface area contributed by atoms with E-state index in [2.05, 4.69) is 15.3 Å². The molecule has 0 radical (unpaired) electrons. The van der Waals surface area contributed by atoms with Gasteiger partial charge in [-0.25, -0.2) is 9.97 Å². The van der Waals surface area contributed by atoms with Crippen LogP contribution < -0.4 is 19.5 Å². The van der Waals surface area contributed by atoms with E-state index in [1.54, 1.807) is 24.3 Å². The van der Waals surface area contributed by atoms with Gasteiger partial charge in [-0.3, -0.25) is 4.79 Å². The van der Waals surface area contributed by atoms with Crippen molar-refractivity contribution >= 4 is 23.4 Å². The van der Waals surface area contributed by atoms with Gasteiger partial charge >= 0.3 is 6.18 Å². The number of rotatable bonds is 7. The summed E-state index contributed by atoms with van der Waals surface area (Å²) in [6.45, 7) is 0. The van der Waals surface area contributed by atoms with E-state index in [-0.39, 0.29) is 28.6 Å². The number of hydrogen-bond acceptors (Lipinski definition) is 7. The lowest BCUT2D eigenvalue weighted by Crippen LogP contribution is -2.19. The first-order valence-electron chi connectivity index (χ1n) is 10.5. The zero-order chi connectivity index (χ0) is 25.2. The first kappa shape index (κ1) is 24.6. The van der Waals surface area contributed by atoms with Gasteiger partial charge in [0.2, 0.25) is 11.7 Å². The van der Waals surface area contributed by atoms with Gasteiger partial charge < -0.3 is 19.5 Å². The van der Waals surface area contributed by atoms with Crippen LogP contribution in [0.3, 0.4) is 0 Å². The maximum atomic E-state index is 13.8. The van der Waals surface area contributed by atoms with Crippen LogP contribution in [-0.4, -0.2) is 43.0 Å². The molecular weight excluding hydrogens is 483 g/mol. The summed E-state index contributed by atoms with van der Waals surface area (Å²) in [5, 5.41) is 2.56. The zero-order valence-corrected chi connectivity index (χ0v) is 20.0. The van der Waals surface area contributed by atoms with Crippen molar-refractivity contribution in [3.05, 3.63) is 53.2 Å². The van der Waals surface area contributed by atoms with Crippen LogP contribution in [0.5, 0.6) is 17.2 Å². The molecule has 3 aromatic rings. The summed E-state index contributed by atoms with van der Waals surface area (Å²) >= 11 is 0.832. The van der Waals surface area contributed by atoms with Crippen LogP contribution in [0.15, 0.2) is 41.6 Å². The minimum absolute atomic E-state index is 0.0856. The number of halogens is 3. The molecule has 1 heterocycles. The van der Waals surface area contributed by atoms with Crippen molar-refractivity contribution in [3.8, 4) is 28.5 Å². The van der Waals surface area contributed by atoms with Gasteiger partial charge in [0.15, 0.2) is 22.3 Å². The molecule has 0 unspecified atom stereocenters. The number of anilines is 1. The summed E-state index contributed by atoms with van der Waals surface area (Å²) in [4.78, 5) is 20.8. The Morgan fingerprint density at radius 3 is 2.34 bits per heavy atom. The number of methoxy groups -OCH3 is 3. The summed E-state index contributed by atoms with van der Waals surface area (Å²) in [6, 6.07) is 10.4. The minimum Gasteiger partial charge on any atom is -0.493 e. The summed E-state index contributed by atoms with van der Waals surface area (Å²) in [6.07, 6.45) is -3.94. The van der Waals surface area contributed by atoms with Crippen molar-refractivity contribution in [2.75, 3.05) is 32.4 Å². The monoisotopic (exact) mass is 505 g/mol. The lowest BCUT2D eigenvalue weighted by Gasteiger charge is -2.22. The Bertz CT molecular complexity index is 1240. The molecule has 0 spiro atoms. The third-order valence-electron chi connectivity index (χ3n) is 5.45. The average molecular weight is 506 g/mol. The Kier molecular flexibility index (Phi) is 7.06. The SMILES string of the molecule is COc1cc(NC(=O)CSc2nc3c(c(C(F)(F)F)n2)CCc2ccccc2-3)cc(OC)c1OC. The van der Waals surface area contributed by atoms with Crippen molar-refractivity contribution in [2.24, 2.45) is 0 Å². The van der Waals surface area contributed by atoms with Crippen molar-refractivity contribution in [2.45, 2.75) is 24.2 Å². The third-order valence-corrected chi connectivity index (χ3v) is 6.30. The van der Waals surface area contributed by atoms with Crippen LogP contribution in [0.25, 0.3) is 11.3 Å². The largest absolute Gasteiger partial charge is 0.493 e. The third kappa shape index (κ3) is 5.14. The van der Waals surface area contributed by atoms with Crippen molar-refractivity contribution < 1.29 is 32.2 Å². The molecule has 1 N–H and O–H groups in total. The van der Waals surface area contributed by atoms with E-state index in [1.165, 1.54) is 21.3 Å². The van der Waals surface area contributed by atoms with E-state index >= 15 is 0 Å². The molecule has 0 bridgehead atoms. The molecule has 7 nitrogen and oxygen atoms in total. The molecule has 184 valence electrons. The van der Waals surface area contributed by atoms with Crippen LogP contribution in [0.1, 0.15) is 16.8 Å². The fourth-order valence-electron chi connectivity index (χ4n) is 3.93. The molecule has 0 fully saturated rings. The Morgan fingerprint density at radius 1 is 1.03 bits per heavy atom. The number of alkyl halides is 3. The quantitative estimate of drug-likeness (QED) is 0.357. The standard InChI is InChI=1S/C24H22F3N3O4S/c1-32-17-10-14(11-18(33-2)21(17)34-3)28-19(31)12-35-23-29-20-15-7-5-4-6-13(15)8-9-16(20)22(30-23)24(25,26)27/h4-7,10-11H,8-9,12H2,1-3H3,(H,28,31). The molecular formula is C24H22F3N3O4S. The first-order valence-corrected chi connectivity index (χ1v) is 11.5. The number of thioether (sulfide) groups is 1. The average Bonchev–Trinajstić information content (AvgIpc) is 2.85. The summed E-state index contributed by atoms with van der Waals surface area (Å²) in [5.41, 5.74) is 1.36. The predicted octanol–water partition coefficient (Wildman–Crippen LogP) is 5.02. The number of carbonyl (C=O) groups excluding carboxylic acids is 1. The number of aromatic nitrogens is 2. The zero-order valence-electron chi connectivity index (χ0n) is 19.2. The number of nitrogens with zero attached hydrogens (tertiary/aromatic N) is 2. The molecule has 1 amide bonds. The number of hydrogen-bond donors (Lipinski definition) is 1. The summed E-state index contributed by atoms with van der Waals surface area (Å²) in [5.74, 6) is 0.404. The first-order chi connectivity index (χ1) is 16.7. The Morgan fingerprint density at radius 2 is 1.71 bits per heavy atom. The van der Waals surface area contributed by atoms with Crippen molar-refractivity contribution in [1.82, 2.24) is 9.97 Å². The molecule has 0 saturated heterocycles. The highest BCUT2D eigenvalue weighted by Gasteiger charge is 2.38. The highest BCUT2D eigenvalue weighted by molar-refractivity contribution is 7.99. The normalized spacial score (nSPS) is 12.4. The van der Waals surface area contributed by atoms with Crippen molar-refractivity contribution in [3.63, 3.8) is 0 Å². The molecule has 1 aliphatic carbocycles. The molecule has 0 saturated carbocycles. The van der Waals surface area contributed by atoms with E-state index in [0.717, 1.165) is 17.3 Å². The number of nitrogens with one attached hydrogen (secondary N) is 1. The molecule has 4 rings (SSSR count). The van der Waals surface area contributed by atoms with Gasteiger partial charge in [0, 0.05) is 28.9 Å². The molecule has 1 aromatic heterocycles. The topological polar surface area (TPSA) is 82.6 Å². The van der Waals surface area contributed by atoms with Gasteiger partial charge in [-0.1, -0.05) is 36.0 Å². The number of amides is 1. The highest BCUT2D eigenvalue weighted by atomic mass is 32.2. The maximum absolute atomic E-state index is 13.8. The highest BCUT2D eigenvalue weighted by Crippen LogP contribution is 2.41. The predicted molar refractivity (Wildman–Crippen MR) is 125 cm³/mol. The molecule has 0 atom stereocenters. The smallest absolute Gasteiger partial charge is 0.433 e. The summed E-state index contributed by atoms with van der Waals surface area (Å²) in [7, 11) is 4.35. The Hall–Kier alpha value is -3.47. The second-order valence-corrected chi connectivity index (χ2v) is 8.53. The Balaban J connectivity index is 1.57. The van der Waals surface area contributed by atoms with E-state index in [4.69, 9.17) is 14.2 Å². The van der Waals surface area contributed by atoms with Gasteiger partial charge in [-0.2, -0.15) is 13.2 Å². The number of fused-ring (bicyclic) bond motifs is 3. The second kappa shape index (κ2) is 10.0. The molecule has 11 heteroatoms. The molecule has 35 heavy (non-hydrogen) atoms. The minimum atomic E-state index is -4.63. The van der Waals surface area contributed by atoms with Gasteiger partial charge in [0.1, 0.15) is 0 Å². The van der Waals surface area contributed by atoms with Gasteiger partial charge in [-0.05, 0) is 18.4 Å². The molecule has 1 aliphatic rings. The van der Waals surface area contributed by atoms with Crippen molar-refractivity contribution in [1.29, 1.82) is 0 Å². The van der Waals surface area contributed by atoms with Crippen LogP contribution in [0, 0.1) is 0 Å². The molecule has 2 aromatic carbocycles. The van der Waals surface area contributed by atoms with E-state index in [0.29, 0.717) is 34.9 Å². The number of benzene rings is 2. The summed E-state index contributed by atoms with van der Waals surface area (Å²) < 4.78 is 57.2. The number of carbonyl (C=O) groups is 1. The van der Waals surface area contributed by atoms with Gasteiger partial charge in [-0.15, -0.1) is 0 Å². The number of aryl methyl sites for hydroxylation is 1. The fourth-order valence-corrected chi connectivity index (χ4v) is 4.58. The number of ether oxygens (including phenoxy) is 3. The van der Waals surface area contributed by atoms with Crippen LogP contribution in [0.4, 0.5) is 18.9 Å². The second-order valence-electron chi connectivity index (χ2n) is 7.59. The lowest BCUT2D eigenvalue weighted by atomic mass is 9.88. The van der Waals surface area contributed by atoms with E-state index < -0.39 is 17.8 Å². The fraction of sp³-hybridized carbons (Fsp3) is 0.292. The Labute approximate surface area is 204 Å². The van der Waals surface area contributed by atoms with E-state index in [9.17, 15) is 18.0 Å². The van der Waals surface area contributed by atoms with Crippen LogP contribution >= 0.6 is 11.8 Å².